The molecule has 1 saturated heterocycles. The van der Waals surface area contributed by atoms with E-state index in [9.17, 15) is 0 Å². The van der Waals surface area contributed by atoms with E-state index >= 15 is 0 Å². The van der Waals surface area contributed by atoms with E-state index < -0.39 is 0 Å². The molecule has 1 N–H and O–H groups in total. The van der Waals surface area contributed by atoms with Gasteiger partial charge in [0.25, 0.3) is 0 Å². The van der Waals surface area contributed by atoms with Crippen LogP contribution in [0.1, 0.15) is 31.2 Å². The topological polar surface area (TPSA) is 41.1 Å². The molecular formula is C14H22N4. The third-order valence-electron chi connectivity index (χ3n) is 3.94. The minimum Gasteiger partial charge on any atom is -0.341 e. The molecule has 98 valence electrons. The monoisotopic (exact) mass is 246 g/mol. The van der Waals surface area contributed by atoms with Gasteiger partial charge < -0.3 is 10.2 Å². The molecule has 1 aliphatic carbocycles. The highest BCUT2D eigenvalue weighted by molar-refractivity contribution is 5.30. The Morgan fingerprint density at radius 2 is 1.83 bits per heavy atom. The van der Waals surface area contributed by atoms with Crippen molar-refractivity contribution in [3.05, 3.63) is 18.0 Å². The highest BCUT2D eigenvalue weighted by Gasteiger charge is 2.24. The summed E-state index contributed by atoms with van der Waals surface area (Å²) in [6, 6.07) is 0.701. The van der Waals surface area contributed by atoms with Crippen molar-refractivity contribution < 1.29 is 0 Å². The number of hydrogen-bond acceptors (Lipinski definition) is 4. The van der Waals surface area contributed by atoms with Gasteiger partial charge >= 0.3 is 0 Å². The van der Waals surface area contributed by atoms with Gasteiger partial charge in [0.2, 0.25) is 5.95 Å². The minimum atomic E-state index is 0.701. The van der Waals surface area contributed by atoms with Gasteiger partial charge in [-0.15, -0.1) is 0 Å². The molecule has 0 spiro atoms. The first-order valence-electron chi connectivity index (χ1n) is 7.08. The van der Waals surface area contributed by atoms with Gasteiger partial charge in [-0.2, -0.15) is 0 Å². The van der Waals surface area contributed by atoms with Crippen molar-refractivity contribution in [2.45, 2.75) is 38.6 Å². The standard InChI is InChI=1S/C14H22N4/c1-11-8-16-14(17-9-11)18-6-4-13(5-7-18)15-10-12-2-3-12/h8-9,12-13,15H,2-7,10H2,1H3. The van der Waals surface area contributed by atoms with Crippen LogP contribution in [-0.4, -0.2) is 35.6 Å². The van der Waals surface area contributed by atoms with Crippen LogP contribution in [0.5, 0.6) is 0 Å². The fourth-order valence-corrected chi connectivity index (χ4v) is 2.49. The zero-order valence-corrected chi connectivity index (χ0v) is 11.1. The number of piperidine rings is 1. The molecule has 0 radical (unpaired) electrons. The van der Waals surface area contributed by atoms with Crippen LogP contribution in [0, 0.1) is 12.8 Å². The first-order chi connectivity index (χ1) is 8.81. The molecule has 2 heterocycles. The van der Waals surface area contributed by atoms with Crippen LogP contribution >= 0.6 is 0 Å². The van der Waals surface area contributed by atoms with E-state index in [1.807, 2.05) is 19.3 Å². The van der Waals surface area contributed by atoms with Crippen LogP contribution in [-0.2, 0) is 0 Å². The lowest BCUT2D eigenvalue weighted by atomic mass is 10.1. The zero-order valence-electron chi connectivity index (χ0n) is 11.1. The van der Waals surface area contributed by atoms with E-state index in [0.717, 1.165) is 30.5 Å². The van der Waals surface area contributed by atoms with Crippen LogP contribution in [0.25, 0.3) is 0 Å². The molecule has 0 aromatic carbocycles. The Balaban J connectivity index is 1.48. The summed E-state index contributed by atoms with van der Waals surface area (Å²) in [6.45, 7) is 5.40. The molecule has 0 atom stereocenters. The maximum atomic E-state index is 4.41. The normalized spacial score (nSPS) is 21.3. The molecule has 4 nitrogen and oxygen atoms in total. The average molecular weight is 246 g/mol. The van der Waals surface area contributed by atoms with E-state index in [2.05, 4.69) is 20.2 Å². The van der Waals surface area contributed by atoms with Crippen LogP contribution in [0.2, 0.25) is 0 Å². The van der Waals surface area contributed by atoms with Crippen molar-refractivity contribution in [1.82, 2.24) is 15.3 Å². The first-order valence-corrected chi connectivity index (χ1v) is 7.08. The van der Waals surface area contributed by atoms with Gasteiger partial charge in [0.05, 0.1) is 0 Å². The molecule has 1 saturated carbocycles. The SMILES string of the molecule is Cc1cnc(N2CCC(NCC3CC3)CC2)nc1. The molecule has 1 aromatic rings. The second kappa shape index (κ2) is 5.22. The third-order valence-corrected chi connectivity index (χ3v) is 3.94. The Labute approximate surface area is 109 Å². The van der Waals surface area contributed by atoms with E-state index in [4.69, 9.17) is 0 Å². The van der Waals surface area contributed by atoms with Crippen molar-refractivity contribution in [2.75, 3.05) is 24.5 Å². The Morgan fingerprint density at radius 1 is 1.17 bits per heavy atom. The van der Waals surface area contributed by atoms with Crippen molar-refractivity contribution in [1.29, 1.82) is 0 Å². The fourth-order valence-electron chi connectivity index (χ4n) is 2.49. The predicted molar refractivity (Wildman–Crippen MR) is 72.7 cm³/mol. The van der Waals surface area contributed by atoms with Crippen molar-refractivity contribution in [2.24, 2.45) is 5.92 Å². The van der Waals surface area contributed by atoms with Gasteiger partial charge in [0.1, 0.15) is 0 Å². The minimum absolute atomic E-state index is 0.701. The zero-order chi connectivity index (χ0) is 12.4. The summed E-state index contributed by atoms with van der Waals surface area (Å²) in [4.78, 5) is 11.1. The molecule has 0 amide bonds. The average Bonchev–Trinajstić information content (AvgIpc) is 3.22. The Hall–Kier alpha value is -1.16. The molecule has 2 fully saturated rings. The number of nitrogens with one attached hydrogen (secondary N) is 1. The number of rotatable bonds is 4. The Morgan fingerprint density at radius 3 is 2.44 bits per heavy atom. The van der Waals surface area contributed by atoms with Crippen LogP contribution in [0.3, 0.4) is 0 Å². The quantitative estimate of drug-likeness (QED) is 0.879. The van der Waals surface area contributed by atoms with Crippen LogP contribution < -0.4 is 10.2 Å². The Bertz CT molecular complexity index is 377. The van der Waals surface area contributed by atoms with Crippen molar-refractivity contribution >= 4 is 5.95 Å². The third kappa shape index (κ3) is 2.99. The summed E-state index contributed by atoms with van der Waals surface area (Å²) < 4.78 is 0. The largest absolute Gasteiger partial charge is 0.341 e. The lowest BCUT2D eigenvalue weighted by Crippen LogP contribution is -2.43. The second-order valence-electron chi connectivity index (χ2n) is 5.67. The molecule has 1 aliphatic heterocycles. The first kappa shape index (κ1) is 11.9. The molecule has 2 aliphatic rings. The van der Waals surface area contributed by atoms with Crippen LogP contribution in [0.4, 0.5) is 5.95 Å². The highest BCUT2D eigenvalue weighted by Crippen LogP contribution is 2.28. The number of nitrogens with zero attached hydrogens (tertiary/aromatic N) is 3. The molecular weight excluding hydrogens is 224 g/mol. The van der Waals surface area contributed by atoms with Gasteiger partial charge in [0, 0.05) is 31.5 Å². The van der Waals surface area contributed by atoms with Crippen LogP contribution in [0.15, 0.2) is 12.4 Å². The van der Waals surface area contributed by atoms with E-state index in [0.29, 0.717) is 6.04 Å². The predicted octanol–water partition coefficient (Wildman–Crippen LogP) is 1.75. The maximum Gasteiger partial charge on any atom is 0.225 e. The van der Waals surface area contributed by atoms with E-state index in [-0.39, 0.29) is 0 Å². The van der Waals surface area contributed by atoms with Gasteiger partial charge in [-0.1, -0.05) is 0 Å². The summed E-state index contributed by atoms with van der Waals surface area (Å²) >= 11 is 0. The Kier molecular flexibility index (Phi) is 3.46. The summed E-state index contributed by atoms with van der Waals surface area (Å²) in [6.07, 6.45) is 9.10. The number of aromatic nitrogens is 2. The van der Waals surface area contributed by atoms with Gasteiger partial charge in [-0.25, -0.2) is 9.97 Å². The van der Waals surface area contributed by atoms with Gasteiger partial charge in [-0.3, -0.25) is 0 Å². The highest BCUT2D eigenvalue weighted by atomic mass is 15.3. The number of anilines is 1. The lowest BCUT2D eigenvalue weighted by Gasteiger charge is -2.32. The fraction of sp³-hybridized carbons (Fsp3) is 0.714. The summed E-state index contributed by atoms with van der Waals surface area (Å²) in [5.41, 5.74) is 1.12. The van der Waals surface area contributed by atoms with Crippen molar-refractivity contribution in [3.63, 3.8) is 0 Å². The van der Waals surface area contributed by atoms with Gasteiger partial charge in [-0.05, 0) is 50.6 Å². The summed E-state index contributed by atoms with van der Waals surface area (Å²) in [7, 11) is 0. The van der Waals surface area contributed by atoms with E-state index in [1.165, 1.54) is 32.2 Å². The second-order valence-corrected chi connectivity index (χ2v) is 5.67. The molecule has 18 heavy (non-hydrogen) atoms. The molecule has 1 aromatic heterocycles. The number of aryl methyl sites for hydroxylation is 1. The number of hydrogen-bond donors (Lipinski definition) is 1. The van der Waals surface area contributed by atoms with E-state index in [1.54, 1.807) is 0 Å². The van der Waals surface area contributed by atoms with Gasteiger partial charge in [0.15, 0.2) is 0 Å². The lowest BCUT2D eigenvalue weighted by molar-refractivity contribution is 0.406. The smallest absolute Gasteiger partial charge is 0.225 e. The molecule has 0 unspecified atom stereocenters. The maximum absolute atomic E-state index is 4.41. The molecule has 3 rings (SSSR count). The molecule has 0 bridgehead atoms. The summed E-state index contributed by atoms with van der Waals surface area (Å²) in [5, 5.41) is 3.70. The molecule has 4 heteroatoms. The van der Waals surface area contributed by atoms with Crippen molar-refractivity contribution in [3.8, 4) is 0 Å². The summed E-state index contributed by atoms with van der Waals surface area (Å²) in [5.74, 6) is 1.87.